The molecule has 0 atom stereocenters. The summed E-state index contributed by atoms with van der Waals surface area (Å²) in [6.07, 6.45) is 6.04. The van der Waals surface area contributed by atoms with Crippen LogP contribution in [0.25, 0.3) is 10.9 Å². The number of H-pyrrole nitrogens is 2. The second-order valence-electron chi connectivity index (χ2n) is 4.32. The van der Waals surface area contributed by atoms with E-state index in [1.165, 1.54) is 0 Å². The van der Waals surface area contributed by atoms with Crippen molar-refractivity contribution in [3.05, 3.63) is 54.2 Å². The molecule has 3 aromatic rings. The highest BCUT2D eigenvalue weighted by Crippen LogP contribution is 2.14. The summed E-state index contributed by atoms with van der Waals surface area (Å²) >= 11 is 0. The standard InChI is InChI=1S/C14H14N4O/c19-14(18-6-4-13-16-7-8-17-13)11-1-2-12-10(9-11)3-5-15-12/h1-3,5,7-9,15H,4,6H2,(H,16,17)(H,18,19). The van der Waals surface area contributed by atoms with Crippen molar-refractivity contribution in [3.63, 3.8) is 0 Å². The van der Waals surface area contributed by atoms with Gasteiger partial charge in [-0.05, 0) is 24.3 Å². The lowest BCUT2D eigenvalue weighted by Gasteiger charge is -2.04. The molecule has 3 rings (SSSR count). The van der Waals surface area contributed by atoms with E-state index in [-0.39, 0.29) is 5.91 Å². The number of carbonyl (C=O) groups is 1. The molecule has 2 heterocycles. The fraction of sp³-hybridized carbons (Fsp3) is 0.143. The molecule has 0 aliphatic heterocycles. The van der Waals surface area contributed by atoms with Crippen molar-refractivity contribution < 1.29 is 4.79 Å². The maximum absolute atomic E-state index is 12.0. The maximum atomic E-state index is 12.0. The highest BCUT2D eigenvalue weighted by atomic mass is 16.1. The Balaban J connectivity index is 1.63. The number of imidazole rings is 1. The van der Waals surface area contributed by atoms with E-state index in [1.54, 1.807) is 12.4 Å². The average Bonchev–Trinajstić information content (AvgIpc) is 3.08. The van der Waals surface area contributed by atoms with E-state index in [0.29, 0.717) is 18.5 Å². The van der Waals surface area contributed by atoms with Gasteiger partial charge in [0.25, 0.3) is 5.91 Å². The number of carbonyl (C=O) groups excluding carboxylic acids is 1. The number of nitrogens with one attached hydrogen (secondary N) is 3. The Hall–Kier alpha value is -2.56. The van der Waals surface area contributed by atoms with Crippen LogP contribution in [0.4, 0.5) is 0 Å². The van der Waals surface area contributed by atoms with Gasteiger partial charge in [-0.25, -0.2) is 4.98 Å². The summed E-state index contributed by atoms with van der Waals surface area (Å²) in [5.41, 5.74) is 1.71. The summed E-state index contributed by atoms with van der Waals surface area (Å²) in [5, 5.41) is 3.93. The normalized spacial score (nSPS) is 10.7. The van der Waals surface area contributed by atoms with Crippen LogP contribution >= 0.6 is 0 Å². The highest BCUT2D eigenvalue weighted by Gasteiger charge is 2.06. The highest BCUT2D eigenvalue weighted by molar-refractivity contribution is 5.98. The summed E-state index contributed by atoms with van der Waals surface area (Å²) in [4.78, 5) is 22.2. The summed E-state index contributed by atoms with van der Waals surface area (Å²) in [5.74, 6) is 0.816. The molecule has 0 saturated carbocycles. The number of aromatic amines is 2. The molecule has 3 N–H and O–H groups in total. The van der Waals surface area contributed by atoms with Gasteiger partial charge in [-0.3, -0.25) is 4.79 Å². The number of amides is 1. The molecule has 0 radical (unpaired) electrons. The Morgan fingerprint density at radius 3 is 3.00 bits per heavy atom. The topological polar surface area (TPSA) is 73.6 Å². The number of fused-ring (bicyclic) bond motifs is 1. The second kappa shape index (κ2) is 4.97. The molecule has 0 fully saturated rings. The van der Waals surface area contributed by atoms with Gasteiger partial charge in [0.05, 0.1) is 0 Å². The van der Waals surface area contributed by atoms with E-state index in [9.17, 15) is 4.79 Å². The summed E-state index contributed by atoms with van der Waals surface area (Å²) in [6, 6.07) is 7.57. The van der Waals surface area contributed by atoms with Gasteiger partial charge in [0.1, 0.15) is 5.82 Å². The molecule has 0 spiro atoms. The van der Waals surface area contributed by atoms with Crippen molar-refractivity contribution in [1.29, 1.82) is 0 Å². The fourth-order valence-corrected chi connectivity index (χ4v) is 2.03. The van der Waals surface area contributed by atoms with Gasteiger partial charge in [0.15, 0.2) is 0 Å². The van der Waals surface area contributed by atoms with Gasteiger partial charge in [-0.1, -0.05) is 0 Å². The minimum Gasteiger partial charge on any atom is -0.361 e. The molecule has 5 heteroatoms. The fourth-order valence-electron chi connectivity index (χ4n) is 2.03. The van der Waals surface area contributed by atoms with Gasteiger partial charge in [0.2, 0.25) is 0 Å². The Morgan fingerprint density at radius 1 is 1.21 bits per heavy atom. The predicted octanol–water partition coefficient (Wildman–Crippen LogP) is 1.86. The van der Waals surface area contributed by atoms with Crippen LogP contribution in [-0.2, 0) is 6.42 Å². The quantitative estimate of drug-likeness (QED) is 0.665. The van der Waals surface area contributed by atoms with Crippen molar-refractivity contribution in [3.8, 4) is 0 Å². The first-order valence-electron chi connectivity index (χ1n) is 6.16. The summed E-state index contributed by atoms with van der Waals surface area (Å²) in [6.45, 7) is 0.567. The van der Waals surface area contributed by atoms with E-state index in [4.69, 9.17) is 0 Å². The molecule has 5 nitrogen and oxygen atoms in total. The monoisotopic (exact) mass is 254 g/mol. The first kappa shape index (κ1) is 11.5. The smallest absolute Gasteiger partial charge is 0.251 e. The van der Waals surface area contributed by atoms with Crippen molar-refractivity contribution >= 4 is 16.8 Å². The molecule has 96 valence electrons. The number of benzene rings is 1. The van der Waals surface area contributed by atoms with E-state index in [1.807, 2.05) is 30.5 Å². The average molecular weight is 254 g/mol. The number of rotatable bonds is 4. The van der Waals surface area contributed by atoms with Crippen LogP contribution in [0, 0.1) is 0 Å². The zero-order valence-corrected chi connectivity index (χ0v) is 10.3. The van der Waals surface area contributed by atoms with Crippen LogP contribution < -0.4 is 5.32 Å². The molecule has 0 saturated heterocycles. The number of hydrogen-bond donors (Lipinski definition) is 3. The molecule has 0 unspecified atom stereocenters. The molecule has 19 heavy (non-hydrogen) atoms. The van der Waals surface area contributed by atoms with E-state index in [2.05, 4.69) is 20.3 Å². The lowest BCUT2D eigenvalue weighted by Crippen LogP contribution is -2.25. The SMILES string of the molecule is O=C(NCCc1ncc[nH]1)c1ccc2[nH]ccc2c1. The lowest BCUT2D eigenvalue weighted by atomic mass is 10.1. The third-order valence-electron chi connectivity index (χ3n) is 3.02. The Kier molecular flexibility index (Phi) is 3.02. The number of hydrogen-bond acceptors (Lipinski definition) is 2. The first-order chi connectivity index (χ1) is 9.33. The molecular formula is C14H14N4O. The van der Waals surface area contributed by atoms with Crippen LogP contribution in [0.3, 0.4) is 0 Å². The zero-order chi connectivity index (χ0) is 13.1. The largest absolute Gasteiger partial charge is 0.361 e. The van der Waals surface area contributed by atoms with Gasteiger partial charge in [0, 0.05) is 48.0 Å². The Morgan fingerprint density at radius 2 is 2.16 bits per heavy atom. The van der Waals surface area contributed by atoms with Gasteiger partial charge < -0.3 is 15.3 Å². The zero-order valence-electron chi connectivity index (χ0n) is 10.3. The van der Waals surface area contributed by atoms with Crippen LogP contribution in [-0.4, -0.2) is 27.4 Å². The van der Waals surface area contributed by atoms with E-state index in [0.717, 1.165) is 16.7 Å². The van der Waals surface area contributed by atoms with Crippen molar-refractivity contribution in [2.45, 2.75) is 6.42 Å². The predicted molar refractivity (Wildman–Crippen MR) is 72.9 cm³/mol. The molecular weight excluding hydrogens is 240 g/mol. The van der Waals surface area contributed by atoms with Gasteiger partial charge in [-0.15, -0.1) is 0 Å². The van der Waals surface area contributed by atoms with E-state index >= 15 is 0 Å². The molecule has 1 aromatic carbocycles. The molecule has 0 aliphatic carbocycles. The molecule has 2 aromatic heterocycles. The minimum absolute atomic E-state index is 0.0605. The maximum Gasteiger partial charge on any atom is 0.251 e. The van der Waals surface area contributed by atoms with Crippen LogP contribution in [0.1, 0.15) is 16.2 Å². The summed E-state index contributed by atoms with van der Waals surface area (Å²) < 4.78 is 0. The van der Waals surface area contributed by atoms with E-state index < -0.39 is 0 Å². The Bertz CT molecular complexity index is 684. The second-order valence-corrected chi connectivity index (χ2v) is 4.32. The van der Waals surface area contributed by atoms with Crippen LogP contribution in [0.15, 0.2) is 42.9 Å². The van der Waals surface area contributed by atoms with Crippen molar-refractivity contribution in [2.75, 3.05) is 6.54 Å². The molecule has 0 aliphatic rings. The third-order valence-corrected chi connectivity index (χ3v) is 3.02. The van der Waals surface area contributed by atoms with Crippen molar-refractivity contribution in [2.24, 2.45) is 0 Å². The number of nitrogens with zero attached hydrogens (tertiary/aromatic N) is 1. The number of aromatic nitrogens is 3. The minimum atomic E-state index is -0.0605. The summed E-state index contributed by atoms with van der Waals surface area (Å²) in [7, 11) is 0. The molecule has 0 bridgehead atoms. The lowest BCUT2D eigenvalue weighted by molar-refractivity contribution is 0.0954. The first-order valence-corrected chi connectivity index (χ1v) is 6.16. The molecule has 1 amide bonds. The van der Waals surface area contributed by atoms with Gasteiger partial charge >= 0.3 is 0 Å². The van der Waals surface area contributed by atoms with Gasteiger partial charge in [-0.2, -0.15) is 0 Å². The van der Waals surface area contributed by atoms with Crippen LogP contribution in [0.2, 0.25) is 0 Å². The van der Waals surface area contributed by atoms with Crippen LogP contribution in [0.5, 0.6) is 0 Å². The Labute approximate surface area is 110 Å². The van der Waals surface area contributed by atoms with Crippen molar-refractivity contribution in [1.82, 2.24) is 20.3 Å². The third kappa shape index (κ3) is 2.49.